The summed E-state index contributed by atoms with van der Waals surface area (Å²) in [5, 5.41) is 3.30. The number of furan rings is 1. The largest absolute Gasteiger partial charge is 0.488 e. The molecule has 1 heterocycles. The quantitative estimate of drug-likeness (QED) is 0.798. The molecule has 0 saturated carbocycles. The van der Waals surface area contributed by atoms with E-state index in [2.05, 4.69) is 37.2 Å². The highest BCUT2D eigenvalue weighted by Gasteiger charge is 2.07. The lowest BCUT2D eigenvalue weighted by atomic mass is 10.3. The first-order valence-corrected chi connectivity index (χ1v) is 7.58. The monoisotopic (exact) mass is 387 g/mol. The molecule has 0 fully saturated rings. The zero-order valence-electron chi connectivity index (χ0n) is 10.5. The van der Waals surface area contributed by atoms with E-state index in [4.69, 9.17) is 9.15 Å². The summed E-state index contributed by atoms with van der Waals surface area (Å²) in [6.45, 7) is 3.50. The predicted octanol–water partition coefficient (Wildman–Crippen LogP) is 4.36. The molecule has 5 heteroatoms. The van der Waals surface area contributed by atoms with Crippen molar-refractivity contribution in [2.24, 2.45) is 0 Å². The maximum absolute atomic E-state index is 5.86. The zero-order valence-corrected chi connectivity index (χ0v) is 13.7. The molecule has 2 rings (SSSR count). The summed E-state index contributed by atoms with van der Waals surface area (Å²) in [4.78, 5) is 0. The second-order valence-electron chi connectivity index (χ2n) is 4.21. The van der Waals surface area contributed by atoms with Crippen LogP contribution in [0.3, 0.4) is 0 Å². The minimum atomic E-state index is 0.0763. The molecule has 102 valence electrons. The van der Waals surface area contributed by atoms with Crippen molar-refractivity contribution in [2.45, 2.75) is 19.6 Å². The summed E-state index contributed by atoms with van der Waals surface area (Å²) in [5.41, 5.74) is 0. The molecule has 1 aromatic heterocycles. The molecule has 0 aliphatic heterocycles. The van der Waals surface area contributed by atoms with Crippen LogP contribution >= 0.6 is 31.9 Å². The Morgan fingerprint density at radius 1 is 1.32 bits per heavy atom. The Bertz CT molecular complexity index is 514. The van der Waals surface area contributed by atoms with Crippen LogP contribution in [0.25, 0.3) is 0 Å². The summed E-state index contributed by atoms with van der Waals surface area (Å²) in [6.07, 6.45) is 1.75. The normalized spacial score (nSPS) is 12.4. The molecular weight excluding hydrogens is 374 g/mol. The fourth-order valence-electron chi connectivity index (χ4n) is 1.64. The van der Waals surface area contributed by atoms with Crippen molar-refractivity contribution >= 4 is 31.9 Å². The smallest absolute Gasteiger partial charge is 0.134 e. The topological polar surface area (TPSA) is 34.4 Å². The number of hydrogen-bond acceptors (Lipinski definition) is 3. The molecule has 0 radical (unpaired) electrons. The van der Waals surface area contributed by atoms with Crippen molar-refractivity contribution < 1.29 is 9.15 Å². The van der Waals surface area contributed by atoms with Crippen LogP contribution in [0.15, 0.2) is 50.0 Å². The van der Waals surface area contributed by atoms with Crippen molar-refractivity contribution in [2.75, 3.05) is 6.54 Å². The fourth-order valence-corrected chi connectivity index (χ4v) is 2.78. The minimum Gasteiger partial charge on any atom is -0.488 e. The maximum Gasteiger partial charge on any atom is 0.134 e. The third-order valence-corrected chi connectivity index (χ3v) is 3.65. The minimum absolute atomic E-state index is 0.0763. The van der Waals surface area contributed by atoms with E-state index in [0.29, 0.717) is 6.54 Å². The third kappa shape index (κ3) is 4.67. The van der Waals surface area contributed by atoms with Crippen LogP contribution in [0.4, 0.5) is 0 Å². The Kier molecular flexibility index (Phi) is 5.48. The van der Waals surface area contributed by atoms with Gasteiger partial charge < -0.3 is 14.5 Å². The molecule has 0 aliphatic carbocycles. The van der Waals surface area contributed by atoms with Gasteiger partial charge in [-0.1, -0.05) is 15.9 Å². The van der Waals surface area contributed by atoms with Crippen LogP contribution in [0.5, 0.6) is 5.75 Å². The summed E-state index contributed by atoms with van der Waals surface area (Å²) in [5.74, 6) is 1.77. The fraction of sp³-hybridized carbons (Fsp3) is 0.286. The molecule has 3 nitrogen and oxygen atoms in total. The first-order chi connectivity index (χ1) is 9.15. The van der Waals surface area contributed by atoms with E-state index in [9.17, 15) is 0 Å². The predicted molar refractivity (Wildman–Crippen MR) is 82.3 cm³/mol. The van der Waals surface area contributed by atoms with Gasteiger partial charge in [-0.2, -0.15) is 0 Å². The number of ether oxygens (including phenoxy) is 1. The van der Waals surface area contributed by atoms with Crippen LogP contribution < -0.4 is 10.1 Å². The van der Waals surface area contributed by atoms with Gasteiger partial charge in [0.25, 0.3) is 0 Å². The van der Waals surface area contributed by atoms with Gasteiger partial charge in [0.05, 0.1) is 17.3 Å². The Morgan fingerprint density at radius 2 is 2.16 bits per heavy atom. The molecule has 1 N–H and O–H groups in total. The molecule has 1 aromatic carbocycles. The van der Waals surface area contributed by atoms with Gasteiger partial charge in [-0.25, -0.2) is 0 Å². The van der Waals surface area contributed by atoms with E-state index in [-0.39, 0.29) is 6.10 Å². The molecule has 19 heavy (non-hydrogen) atoms. The van der Waals surface area contributed by atoms with Gasteiger partial charge in [0, 0.05) is 11.0 Å². The Hall–Kier alpha value is -0.780. The summed E-state index contributed by atoms with van der Waals surface area (Å²) in [6, 6.07) is 9.71. The molecule has 0 aliphatic rings. The van der Waals surface area contributed by atoms with E-state index in [0.717, 1.165) is 27.0 Å². The zero-order chi connectivity index (χ0) is 13.7. The van der Waals surface area contributed by atoms with Crippen molar-refractivity contribution in [3.05, 3.63) is 51.3 Å². The van der Waals surface area contributed by atoms with Gasteiger partial charge in [-0.05, 0) is 53.2 Å². The third-order valence-electron chi connectivity index (χ3n) is 2.53. The lowest BCUT2D eigenvalue weighted by Gasteiger charge is -2.16. The molecule has 0 saturated heterocycles. The van der Waals surface area contributed by atoms with Gasteiger partial charge in [0.15, 0.2) is 0 Å². The van der Waals surface area contributed by atoms with Gasteiger partial charge in [0.1, 0.15) is 17.6 Å². The van der Waals surface area contributed by atoms with Gasteiger partial charge >= 0.3 is 0 Å². The second-order valence-corrected chi connectivity index (χ2v) is 5.98. The highest BCUT2D eigenvalue weighted by atomic mass is 79.9. The molecule has 1 unspecified atom stereocenters. The van der Waals surface area contributed by atoms with Gasteiger partial charge in [-0.3, -0.25) is 0 Å². The number of hydrogen-bond donors (Lipinski definition) is 1. The van der Waals surface area contributed by atoms with Crippen molar-refractivity contribution in [3.63, 3.8) is 0 Å². The first-order valence-electron chi connectivity index (χ1n) is 6.00. The van der Waals surface area contributed by atoms with Crippen LogP contribution in [0.1, 0.15) is 12.7 Å². The standard InChI is InChI=1S/C14H15Br2NO2/c1-10(8-17-9-12-3-2-6-18-12)19-14-5-4-11(15)7-13(14)16/h2-7,10,17H,8-9H2,1H3. The Morgan fingerprint density at radius 3 is 2.84 bits per heavy atom. The van der Waals surface area contributed by atoms with E-state index in [1.807, 2.05) is 37.3 Å². The number of rotatable bonds is 6. The molecule has 2 aromatic rings. The summed E-state index contributed by atoms with van der Waals surface area (Å²) in [7, 11) is 0. The van der Waals surface area contributed by atoms with Crippen molar-refractivity contribution in [1.82, 2.24) is 5.32 Å². The average molecular weight is 389 g/mol. The van der Waals surface area contributed by atoms with Crippen LogP contribution in [-0.2, 0) is 6.54 Å². The van der Waals surface area contributed by atoms with E-state index >= 15 is 0 Å². The average Bonchev–Trinajstić information content (AvgIpc) is 2.86. The van der Waals surface area contributed by atoms with Gasteiger partial charge in [-0.15, -0.1) is 0 Å². The Labute approximate surface area is 129 Å². The first kappa shape index (κ1) is 14.6. The molecule has 1 atom stereocenters. The van der Waals surface area contributed by atoms with E-state index in [1.54, 1.807) is 6.26 Å². The van der Waals surface area contributed by atoms with Crippen molar-refractivity contribution in [1.29, 1.82) is 0 Å². The Balaban J connectivity index is 1.79. The summed E-state index contributed by atoms with van der Waals surface area (Å²) < 4.78 is 13.1. The number of halogens is 2. The van der Waals surface area contributed by atoms with Crippen LogP contribution in [0.2, 0.25) is 0 Å². The molecule has 0 bridgehead atoms. The molecule has 0 amide bonds. The summed E-state index contributed by atoms with van der Waals surface area (Å²) >= 11 is 6.90. The van der Waals surface area contributed by atoms with E-state index in [1.165, 1.54) is 0 Å². The highest BCUT2D eigenvalue weighted by Crippen LogP contribution is 2.28. The lowest BCUT2D eigenvalue weighted by Crippen LogP contribution is -2.28. The van der Waals surface area contributed by atoms with Gasteiger partial charge in [0.2, 0.25) is 0 Å². The highest BCUT2D eigenvalue weighted by molar-refractivity contribution is 9.11. The van der Waals surface area contributed by atoms with Crippen molar-refractivity contribution in [3.8, 4) is 5.75 Å². The molecular formula is C14H15Br2NO2. The van der Waals surface area contributed by atoms with Crippen LogP contribution in [0, 0.1) is 0 Å². The van der Waals surface area contributed by atoms with Crippen LogP contribution in [-0.4, -0.2) is 12.6 Å². The molecule has 0 spiro atoms. The second kappa shape index (κ2) is 7.12. The maximum atomic E-state index is 5.86. The number of benzene rings is 1. The lowest BCUT2D eigenvalue weighted by molar-refractivity contribution is 0.214. The van der Waals surface area contributed by atoms with E-state index < -0.39 is 0 Å². The SMILES string of the molecule is CC(CNCc1ccco1)Oc1ccc(Br)cc1Br. The number of nitrogens with one attached hydrogen (secondary N) is 1.